The van der Waals surface area contributed by atoms with E-state index in [1.54, 1.807) is 0 Å². The van der Waals surface area contributed by atoms with E-state index in [2.05, 4.69) is 15.3 Å². The molecule has 1 saturated heterocycles. The maximum Gasteiger partial charge on any atom is 0.158 e. The van der Waals surface area contributed by atoms with Crippen LogP contribution in [0, 0.1) is 5.92 Å². The molecule has 126 valence electrons. The van der Waals surface area contributed by atoms with Gasteiger partial charge in [-0.25, -0.2) is 0 Å². The number of nitrogens with zero attached hydrogens (tertiary/aromatic N) is 3. The van der Waals surface area contributed by atoms with Gasteiger partial charge in [0.1, 0.15) is 6.10 Å². The lowest BCUT2D eigenvalue weighted by Crippen LogP contribution is -2.54. The number of ether oxygens (including phenoxy) is 2. The first-order chi connectivity index (χ1) is 10.6. The van der Waals surface area contributed by atoms with Gasteiger partial charge in [0.2, 0.25) is 0 Å². The van der Waals surface area contributed by atoms with Crippen LogP contribution in [-0.2, 0) is 9.47 Å². The molecule has 1 saturated carbocycles. The van der Waals surface area contributed by atoms with E-state index in [9.17, 15) is 10.2 Å². The number of rotatable bonds is 5. The molecule has 2 rings (SSSR count). The Morgan fingerprint density at radius 3 is 2.82 bits per heavy atom. The van der Waals surface area contributed by atoms with Crippen molar-refractivity contribution in [3.8, 4) is 0 Å². The summed E-state index contributed by atoms with van der Waals surface area (Å²) in [5.41, 5.74) is 8.52. The molecule has 2 aliphatic rings. The van der Waals surface area contributed by atoms with Crippen LogP contribution in [0.1, 0.15) is 32.6 Å². The van der Waals surface area contributed by atoms with Gasteiger partial charge in [0.05, 0.1) is 24.4 Å². The van der Waals surface area contributed by atoms with E-state index in [0.717, 1.165) is 25.8 Å². The topological polar surface area (TPSA) is 120 Å². The number of hydrogen-bond donors (Lipinski definition) is 3. The normalized spacial score (nSPS) is 42.6. The van der Waals surface area contributed by atoms with Gasteiger partial charge in [-0.15, -0.1) is 0 Å². The Balaban J connectivity index is 1.95. The highest BCUT2D eigenvalue weighted by atomic mass is 16.7. The SMILES string of the molecule is CNCC1CCC[C@@H](O[C@H]2[C@H](O)[C@@H](O)C(N=[N+]=[N-])C[C@@H]2C)O1. The van der Waals surface area contributed by atoms with E-state index in [0.29, 0.717) is 6.42 Å². The van der Waals surface area contributed by atoms with E-state index in [4.69, 9.17) is 15.0 Å². The Morgan fingerprint density at radius 2 is 2.14 bits per heavy atom. The summed E-state index contributed by atoms with van der Waals surface area (Å²) in [5, 5.41) is 27.0. The summed E-state index contributed by atoms with van der Waals surface area (Å²) >= 11 is 0. The Morgan fingerprint density at radius 1 is 1.36 bits per heavy atom. The monoisotopic (exact) mass is 314 g/mol. The Kier molecular flexibility index (Phi) is 6.43. The van der Waals surface area contributed by atoms with Gasteiger partial charge in [-0.3, -0.25) is 0 Å². The van der Waals surface area contributed by atoms with Crippen LogP contribution < -0.4 is 5.32 Å². The van der Waals surface area contributed by atoms with Crippen molar-refractivity contribution >= 4 is 0 Å². The number of nitrogens with one attached hydrogen (secondary N) is 1. The van der Waals surface area contributed by atoms with Crippen molar-refractivity contribution in [2.75, 3.05) is 13.6 Å². The molecule has 8 nitrogen and oxygen atoms in total. The molecule has 22 heavy (non-hydrogen) atoms. The Labute approximate surface area is 130 Å². The highest BCUT2D eigenvalue weighted by Gasteiger charge is 2.43. The fourth-order valence-electron chi connectivity index (χ4n) is 3.33. The number of hydrogen-bond acceptors (Lipinski definition) is 6. The van der Waals surface area contributed by atoms with Crippen LogP contribution in [0.5, 0.6) is 0 Å². The lowest BCUT2D eigenvalue weighted by Gasteiger charge is -2.42. The van der Waals surface area contributed by atoms with Gasteiger partial charge in [0.25, 0.3) is 0 Å². The molecule has 2 fully saturated rings. The highest BCUT2D eigenvalue weighted by Crippen LogP contribution is 2.32. The zero-order chi connectivity index (χ0) is 16.1. The van der Waals surface area contributed by atoms with Gasteiger partial charge in [0, 0.05) is 11.5 Å². The van der Waals surface area contributed by atoms with E-state index >= 15 is 0 Å². The molecule has 3 N–H and O–H groups in total. The standard InChI is InChI=1S/C14H26N4O4/c1-8-6-10(17-18-15)12(19)13(20)14(8)22-11-5-3-4-9(21-11)7-16-2/h8-14,16,19-20H,3-7H2,1-2H3/t8-,9?,10?,11+,12-,13+,14+/m0/s1. The first-order valence-electron chi connectivity index (χ1n) is 7.92. The molecule has 0 aromatic carbocycles. The second kappa shape index (κ2) is 8.10. The smallest absolute Gasteiger partial charge is 0.158 e. The molecular formula is C14H26N4O4. The maximum absolute atomic E-state index is 10.3. The molecular weight excluding hydrogens is 288 g/mol. The first kappa shape index (κ1) is 17.5. The van der Waals surface area contributed by atoms with E-state index in [1.807, 2.05) is 14.0 Å². The summed E-state index contributed by atoms with van der Waals surface area (Å²) < 4.78 is 11.8. The fourth-order valence-corrected chi connectivity index (χ4v) is 3.33. The Bertz CT molecular complexity index is 402. The molecule has 7 atom stereocenters. The zero-order valence-electron chi connectivity index (χ0n) is 13.1. The van der Waals surface area contributed by atoms with Gasteiger partial charge in [-0.1, -0.05) is 12.0 Å². The summed E-state index contributed by atoms with van der Waals surface area (Å²) in [7, 11) is 1.88. The zero-order valence-corrected chi connectivity index (χ0v) is 13.1. The number of aliphatic hydroxyl groups excluding tert-OH is 2. The second-order valence-electron chi connectivity index (χ2n) is 6.24. The van der Waals surface area contributed by atoms with Gasteiger partial charge < -0.3 is 25.0 Å². The predicted octanol–water partition coefficient (Wildman–Crippen LogP) is 0.927. The quantitative estimate of drug-likeness (QED) is 0.396. The van der Waals surface area contributed by atoms with Crippen LogP contribution in [0.25, 0.3) is 10.4 Å². The molecule has 0 amide bonds. The molecule has 8 heteroatoms. The lowest BCUT2D eigenvalue weighted by molar-refractivity contribution is -0.253. The fraction of sp³-hybridized carbons (Fsp3) is 1.00. The number of likely N-dealkylation sites (N-methyl/N-ethyl adjacent to an activating group) is 1. The minimum Gasteiger partial charge on any atom is -0.390 e. The van der Waals surface area contributed by atoms with Gasteiger partial charge in [-0.2, -0.15) is 0 Å². The Hall–Kier alpha value is -0.890. The van der Waals surface area contributed by atoms with Crippen LogP contribution in [0.4, 0.5) is 0 Å². The average Bonchev–Trinajstić information content (AvgIpc) is 2.50. The van der Waals surface area contributed by atoms with Crippen molar-refractivity contribution in [2.45, 2.75) is 69.4 Å². The first-order valence-corrected chi connectivity index (χ1v) is 7.92. The van der Waals surface area contributed by atoms with Crippen LogP contribution >= 0.6 is 0 Å². The predicted molar refractivity (Wildman–Crippen MR) is 80.0 cm³/mol. The number of aliphatic hydroxyl groups is 2. The van der Waals surface area contributed by atoms with Crippen molar-refractivity contribution in [1.82, 2.24) is 5.32 Å². The summed E-state index contributed by atoms with van der Waals surface area (Å²) in [5.74, 6) is -0.0258. The molecule has 0 aromatic rings. The van der Waals surface area contributed by atoms with Gasteiger partial charge in [-0.05, 0) is 44.2 Å². The van der Waals surface area contributed by atoms with Crippen LogP contribution in [0.2, 0.25) is 0 Å². The van der Waals surface area contributed by atoms with Crippen molar-refractivity contribution < 1.29 is 19.7 Å². The average molecular weight is 314 g/mol. The summed E-state index contributed by atoms with van der Waals surface area (Å²) in [6.07, 6.45) is 0.326. The molecule has 1 aliphatic heterocycles. The van der Waals surface area contributed by atoms with Crippen molar-refractivity contribution in [3.05, 3.63) is 10.4 Å². The second-order valence-corrected chi connectivity index (χ2v) is 6.24. The number of azide groups is 1. The summed E-state index contributed by atoms with van der Waals surface area (Å²) in [6, 6.07) is -0.612. The molecule has 2 unspecified atom stereocenters. The van der Waals surface area contributed by atoms with E-state index in [1.165, 1.54) is 0 Å². The minimum atomic E-state index is -1.10. The molecule has 1 heterocycles. The third-order valence-electron chi connectivity index (χ3n) is 4.51. The highest BCUT2D eigenvalue weighted by molar-refractivity contribution is 4.96. The molecule has 0 bridgehead atoms. The molecule has 0 aromatic heterocycles. The van der Waals surface area contributed by atoms with Crippen molar-refractivity contribution in [3.63, 3.8) is 0 Å². The molecule has 0 radical (unpaired) electrons. The summed E-state index contributed by atoms with van der Waals surface area (Å²) in [4.78, 5) is 2.73. The summed E-state index contributed by atoms with van der Waals surface area (Å²) in [6.45, 7) is 2.69. The molecule has 0 spiro atoms. The van der Waals surface area contributed by atoms with E-state index < -0.39 is 24.4 Å². The van der Waals surface area contributed by atoms with Crippen molar-refractivity contribution in [1.29, 1.82) is 0 Å². The van der Waals surface area contributed by atoms with Gasteiger partial charge in [0.15, 0.2) is 6.29 Å². The van der Waals surface area contributed by atoms with Crippen LogP contribution in [0.15, 0.2) is 5.11 Å². The third-order valence-corrected chi connectivity index (χ3v) is 4.51. The maximum atomic E-state index is 10.3. The third kappa shape index (κ3) is 4.10. The lowest BCUT2D eigenvalue weighted by atomic mass is 9.80. The van der Waals surface area contributed by atoms with E-state index in [-0.39, 0.29) is 18.3 Å². The van der Waals surface area contributed by atoms with Crippen LogP contribution in [-0.4, -0.2) is 60.6 Å². The van der Waals surface area contributed by atoms with Crippen LogP contribution in [0.3, 0.4) is 0 Å². The molecule has 1 aliphatic carbocycles. The minimum absolute atomic E-state index is 0.0258. The van der Waals surface area contributed by atoms with Crippen molar-refractivity contribution in [2.24, 2.45) is 11.0 Å². The van der Waals surface area contributed by atoms with Gasteiger partial charge >= 0.3 is 0 Å². The largest absolute Gasteiger partial charge is 0.390 e.